The number of carbonyl (C=O) groups excluding carboxylic acids is 1. The second-order valence-electron chi connectivity index (χ2n) is 4.33. The maximum absolute atomic E-state index is 11.0. The zero-order chi connectivity index (χ0) is 10.6. The summed E-state index contributed by atoms with van der Waals surface area (Å²) in [5.41, 5.74) is 0. The van der Waals surface area contributed by atoms with E-state index >= 15 is 0 Å². The summed E-state index contributed by atoms with van der Waals surface area (Å²) in [6.45, 7) is 4.96. The fourth-order valence-electron chi connectivity index (χ4n) is 2.33. The average molecular weight is 199 g/mol. The summed E-state index contributed by atoms with van der Waals surface area (Å²) in [6, 6.07) is 0.558. The van der Waals surface area contributed by atoms with Gasteiger partial charge in [-0.05, 0) is 33.2 Å². The molecule has 0 saturated carbocycles. The molecule has 0 aromatic carbocycles. The summed E-state index contributed by atoms with van der Waals surface area (Å²) in [5, 5.41) is 9.22. The van der Waals surface area contributed by atoms with Crippen LogP contribution in [0.2, 0.25) is 0 Å². The van der Waals surface area contributed by atoms with Crippen LogP contribution in [0.3, 0.4) is 0 Å². The smallest absolute Gasteiger partial charge is 0.131 e. The number of Topliss-reactive ketones (excluding diaryl/α,β-unsaturated/α-hetero) is 1. The minimum absolute atomic E-state index is 0.224. The van der Waals surface area contributed by atoms with Crippen molar-refractivity contribution >= 4 is 5.78 Å². The Morgan fingerprint density at radius 1 is 1.57 bits per heavy atom. The molecule has 1 saturated heterocycles. The predicted octanol–water partition coefficient (Wildman–Crippen LogP) is 1.20. The van der Waals surface area contributed by atoms with Gasteiger partial charge in [-0.25, -0.2) is 0 Å². The van der Waals surface area contributed by atoms with Crippen LogP contribution in [0.25, 0.3) is 0 Å². The maximum atomic E-state index is 11.0. The number of aliphatic hydroxyl groups is 1. The summed E-state index contributed by atoms with van der Waals surface area (Å²) < 4.78 is 0. The van der Waals surface area contributed by atoms with E-state index < -0.39 is 0 Å². The fraction of sp³-hybridized carbons (Fsp3) is 0.909. The molecule has 0 aliphatic carbocycles. The highest BCUT2D eigenvalue weighted by atomic mass is 16.3. The van der Waals surface area contributed by atoms with E-state index in [-0.39, 0.29) is 24.5 Å². The Balaban J connectivity index is 2.49. The molecule has 1 fully saturated rings. The van der Waals surface area contributed by atoms with E-state index in [1.807, 2.05) is 0 Å². The van der Waals surface area contributed by atoms with Gasteiger partial charge in [-0.1, -0.05) is 6.42 Å². The molecule has 1 aliphatic rings. The van der Waals surface area contributed by atoms with Gasteiger partial charge in [0.2, 0.25) is 0 Å². The normalized spacial score (nSPS) is 26.1. The van der Waals surface area contributed by atoms with E-state index in [4.69, 9.17) is 0 Å². The first-order valence-corrected chi connectivity index (χ1v) is 5.51. The summed E-state index contributed by atoms with van der Waals surface area (Å²) in [5.74, 6) is 0.236. The van der Waals surface area contributed by atoms with E-state index in [1.165, 1.54) is 12.8 Å². The van der Waals surface area contributed by atoms with Crippen LogP contribution in [0.4, 0.5) is 0 Å². The molecule has 0 spiro atoms. The molecule has 0 aromatic rings. The average Bonchev–Trinajstić information content (AvgIpc) is 2.16. The Bertz CT molecular complexity index is 194. The van der Waals surface area contributed by atoms with Gasteiger partial charge in [0.15, 0.2) is 0 Å². The van der Waals surface area contributed by atoms with Crippen LogP contribution in [0.15, 0.2) is 0 Å². The third kappa shape index (κ3) is 3.07. The molecule has 2 unspecified atom stereocenters. The van der Waals surface area contributed by atoms with Gasteiger partial charge in [0.25, 0.3) is 0 Å². The van der Waals surface area contributed by atoms with Crippen molar-refractivity contribution in [2.24, 2.45) is 0 Å². The minimum atomic E-state index is 0.224. The number of hydrogen-bond donors (Lipinski definition) is 1. The summed E-state index contributed by atoms with van der Waals surface area (Å²) in [4.78, 5) is 13.3. The first-order valence-electron chi connectivity index (χ1n) is 5.51. The molecule has 2 atom stereocenters. The highest BCUT2D eigenvalue weighted by Crippen LogP contribution is 2.20. The topological polar surface area (TPSA) is 40.5 Å². The van der Waals surface area contributed by atoms with Crippen molar-refractivity contribution in [3.8, 4) is 0 Å². The summed E-state index contributed by atoms with van der Waals surface area (Å²) in [6.07, 6.45) is 4.07. The molecule has 1 aliphatic heterocycles. The molecule has 1 N–H and O–H groups in total. The molecule has 82 valence electrons. The van der Waals surface area contributed by atoms with Gasteiger partial charge >= 0.3 is 0 Å². The molecule has 3 nitrogen and oxygen atoms in total. The van der Waals surface area contributed by atoms with Crippen molar-refractivity contribution in [3.63, 3.8) is 0 Å². The SMILES string of the molecule is CC(=O)CC(C)N1CCCCC1CO. The van der Waals surface area contributed by atoms with E-state index in [9.17, 15) is 9.90 Å². The van der Waals surface area contributed by atoms with Crippen molar-refractivity contribution in [2.75, 3.05) is 13.2 Å². The predicted molar refractivity (Wildman–Crippen MR) is 56.2 cm³/mol. The van der Waals surface area contributed by atoms with Crippen molar-refractivity contribution in [1.82, 2.24) is 4.90 Å². The number of rotatable bonds is 4. The Hall–Kier alpha value is -0.410. The number of piperidine rings is 1. The van der Waals surface area contributed by atoms with Crippen molar-refractivity contribution in [2.45, 2.75) is 51.6 Å². The highest BCUT2D eigenvalue weighted by Gasteiger charge is 2.26. The number of nitrogens with zero attached hydrogens (tertiary/aromatic N) is 1. The molecule has 1 heterocycles. The van der Waals surface area contributed by atoms with Gasteiger partial charge in [0.05, 0.1) is 6.61 Å². The third-order valence-electron chi connectivity index (χ3n) is 3.03. The summed E-state index contributed by atoms with van der Waals surface area (Å²) in [7, 11) is 0. The fourth-order valence-corrected chi connectivity index (χ4v) is 2.33. The second-order valence-corrected chi connectivity index (χ2v) is 4.33. The van der Waals surface area contributed by atoms with Gasteiger partial charge < -0.3 is 5.11 Å². The number of likely N-dealkylation sites (tertiary alicyclic amines) is 1. The third-order valence-corrected chi connectivity index (χ3v) is 3.03. The molecular formula is C11H21NO2. The lowest BCUT2D eigenvalue weighted by Gasteiger charge is -2.38. The Labute approximate surface area is 86.1 Å². The number of ketones is 1. The van der Waals surface area contributed by atoms with Gasteiger partial charge in [-0.2, -0.15) is 0 Å². The van der Waals surface area contributed by atoms with Crippen LogP contribution in [-0.2, 0) is 4.79 Å². The molecular weight excluding hydrogens is 178 g/mol. The van der Waals surface area contributed by atoms with Crippen molar-refractivity contribution < 1.29 is 9.90 Å². The lowest BCUT2D eigenvalue weighted by Crippen LogP contribution is -2.47. The Morgan fingerprint density at radius 2 is 2.29 bits per heavy atom. The molecule has 3 heteroatoms. The Kier molecular flexibility index (Phi) is 4.55. The molecule has 1 rings (SSSR count). The lowest BCUT2D eigenvalue weighted by molar-refractivity contribution is -0.118. The highest BCUT2D eigenvalue weighted by molar-refractivity contribution is 5.76. The lowest BCUT2D eigenvalue weighted by atomic mass is 9.99. The largest absolute Gasteiger partial charge is 0.395 e. The van der Waals surface area contributed by atoms with Crippen molar-refractivity contribution in [3.05, 3.63) is 0 Å². The number of aliphatic hydroxyl groups excluding tert-OH is 1. The molecule has 0 bridgehead atoms. The van der Waals surface area contributed by atoms with Crippen molar-refractivity contribution in [1.29, 1.82) is 0 Å². The number of hydrogen-bond acceptors (Lipinski definition) is 3. The zero-order valence-corrected chi connectivity index (χ0v) is 9.20. The van der Waals surface area contributed by atoms with Gasteiger partial charge in [-0.15, -0.1) is 0 Å². The van der Waals surface area contributed by atoms with E-state index in [0.717, 1.165) is 13.0 Å². The number of carbonyl (C=O) groups is 1. The second kappa shape index (κ2) is 5.47. The van der Waals surface area contributed by atoms with E-state index in [2.05, 4.69) is 11.8 Å². The van der Waals surface area contributed by atoms with Crippen LogP contribution in [0.1, 0.15) is 39.5 Å². The molecule has 0 radical (unpaired) electrons. The van der Waals surface area contributed by atoms with E-state index in [0.29, 0.717) is 6.42 Å². The van der Waals surface area contributed by atoms with Gasteiger partial charge in [0, 0.05) is 18.5 Å². The standard InChI is InChI=1S/C11H21NO2/c1-9(7-10(2)14)12-6-4-3-5-11(12)8-13/h9,11,13H,3-8H2,1-2H3. The van der Waals surface area contributed by atoms with Crippen LogP contribution < -0.4 is 0 Å². The van der Waals surface area contributed by atoms with Crippen LogP contribution >= 0.6 is 0 Å². The Morgan fingerprint density at radius 3 is 2.86 bits per heavy atom. The van der Waals surface area contributed by atoms with Gasteiger partial charge in [0.1, 0.15) is 5.78 Å². The molecule has 0 aromatic heterocycles. The first-order chi connectivity index (χ1) is 6.65. The molecule has 0 amide bonds. The molecule has 14 heavy (non-hydrogen) atoms. The maximum Gasteiger partial charge on any atom is 0.131 e. The van der Waals surface area contributed by atoms with Crippen LogP contribution in [0.5, 0.6) is 0 Å². The first kappa shape index (κ1) is 11.7. The zero-order valence-electron chi connectivity index (χ0n) is 9.20. The van der Waals surface area contributed by atoms with Crippen LogP contribution in [-0.4, -0.2) is 41.0 Å². The van der Waals surface area contributed by atoms with E-state index in [1.54, 1.807) is 6.92 Å². The van der Waals surface area contributed by atoms with Crippen LogP contribution in [0, 0.1) is 0 Å². The minimum Gasteiger partial charge on any atom is -0.395 e. The summed E-state index contributed by atoms with van der Waals surface area (Å²) >= 11 is 0. The monoisotopic (exact) mass is 199 g/mol. The van der Waals surface area contributed by atoms with Gasteiger partial charge in [-0.3, -0.25) is 9.69 Å². The quantitative estimate of drug-likeness (QED) is 0.739.